The number of hydrogen-bond acceptors (Lipinski definition) is 3. The van der Waals surface area contributed by atoms with Gasteiger partial charge in [0.25, 0.3) is 0 Å². The van der Waals surface area contributed by atoms with Gasteiger partial charge in [0, 0.05) is 11.6 Å². The molecular weight excluding hydrogens is 267 g/mol. The van der Waals surface area contributed by atoms with E-state index in [2.05, 4.69) is 4.74 Å². The van der Waals surface area contributed by atoms with Gasteiger partial charge in [-0.25, -0.2) is 13.6 Å². The fourth-order valence-electron chi connectivity index (χ4n) is 1.12. The van der Waals surface area contributed by atoms with E-state index in [0.29, 0.717) is 0 Å². The van der Waals surface area contributed by atoms with Gasteiger partial charge in [0.05, 0.1) is 0 Å². The predicted molar refractivity (Wildman–Crippen MR) is 45.6 cm³/mol. The van der Waals surface area contributed by atoms with Crippen molar-refractivity contribution in [2.75, 3.05) is 0 Å². The van der Waals surface area contributed by atoms with E-state index in [-0.39, 0.29) is 12.1 Å². The van der Waals surface area contributed by atoms with Gasteiger partial charge in [-0.3, -0.25) is 0 Å². The topological polar surface area (TPSA) is 66.8 Å². The minimum atomic E-state index is -5.28. The Hall–Kier alpha value is -1.90. The lowest BCUT2D eigenvalue weighted by molar-refractivity contribution is -0.275. The third-order valence-electron chi connectivity index (χ3n) is 1.79. The van der Waals surface area contributed by atoms with Crippen LogP contribution in [-0.4, -0.2) is 22.5 Å². The van der Waals surface area contributed by atoms with Crippen LogP contribution in [-0.2, 0) is 4.79 Å². The molecule has 0 aliphatic carbocycles. The highest BCUT2D eigenvalue weighted by Crippen LogP contribution is 2.31. The van der Waals surface area contributed by atoms with Crippen molar-refractivity contribution < 1.29 is 41.7 Å². The number of carboxylic acid groups (broad SMARTS) is 1. The molecule has 1 unspecified atom stereocenters. The van der Waals surface area contributed by atoms with Crippen LogP contribution in [0.25, 0.3) is 0 Å². The van der Waals surface area contributed by atoms with Crippen LogP contribution in [0.4, 0.5) is 22.0 Å². The first-order chi connectivity index (χ1) is 8.11. The number of carbonyl (C=O) groups is 1. The highest BCUT2D eigenvalue weighted by atomic mass is 19.4. The summed E-state index contributed by atoms with van der Waals surface area (Å²) in [4.78, 5) is 10.4. The summed E-state index contributed by atoms with van der Waals surface area (Å²) in [6, 6.07) is 0.345. The van der Waals surface area contributed by atoms with Gasteiger partial charge in [0.2, 0.25) is 0 Å². The largest absolute Gasteiger partial charge is 0.573 e. The standard InChI is InChI=1S/C9H5F5O4/c10-3-1-4(7(15)8(16)17)6(11)5(2-3)18-9(12,13)14/h1-2,7,15H,(H,16,17). The summed E-state index contributed by atoms with van der Waals surface area (Å²) in [6.07, 6.45) is -7.78. The van der Waals surface area contributed by atoms with Gasteiger partial charge in [-0.05, 0) is 6.07 Å². The van der Waals surface area contributed by atoms with E-state index in [9.17, 15) is 26.7 Å². The molecule has 0 saturated heterocycles. The Morgan fingerprint density at radius 1 is 1.28 bits per heavy atom. The van der Waals surface area contributed by atoms with Crippen LogP contribution in [0.2, 0.25) is 0 Å². The van der Waals surface area contributed by atoms with Gasteiger partial charge < -0.3 is 14.9 Å². The molecule has 1 aromatic rings. The molecule has 0 radical (unpaired) electrons. The lowest BCUT2D eigenvalue weighted by Gasteiger charge is -2.13. The second kappa shape index (κ2) is 4.77. The number of benzene rings is 1. The molecule has 0 aliphatic rings. The van der Waals surface area contributed by atoms with E-state index < -0.39 is 41.4 Å². The van der Waals surface area contributed by atoms with Crippen molar-refractivity contribution in [2.24, 2.45) is 0 Å². The molecule has 9 heteroatoms. The summed E-state index contributed by atoms with van der Waals surface area (Å²) in [5.74, 6) is -6.69. The van der Waals surface area contributed by atoms with Gasteiger partial charge in [-0.15, -0.1) is 13.2 Å². The number of alkyl halides is 3. The highest BCUT2D eigenvalue weighted by molar-refractivity contribution is 5.74. The van der Waals surface area contributed by atoms with Crippen molar-refractivity contribution in [3.63, 3.8) is 0 Å². The summed E-state index contributed by atoms with van der Waals surface area (Å²) in [5, 5.41) is 17.4. The monoisotopic (exact) mass is 272 g/mol. The molecule has 0 heterocycles. The van der Waals surface area contributed by atoms with Crippen molar-refractivity contribution in [3.8, 4) is 5.75 Å². The third kappa shape index (κ3) is 3.29. The number of aliphatic hydroxyl groups excluding tert-OH is 1. The van der Waals surface area contributed by atoms with Crippen LogP contribution in [0.3, 0.4) is 0 Å². The number of ether oxygens (including phenoxy) is 1. The average Bonchev–Trinajstić information content (AvgIpc) is 2.19. The maximum absolute atomic E-state index is 13.4. The minimum absolute atomic E-state index is 0.0842. The van der Waals surface area contributed by atoms with Crippen LogP contribution in [0.1, 0.15) is 11.7 Å². The van der Waals surface area contributed by atoms with E-state index in [1.807, 2.05) is 0 Å². The summed E-state index contributed by atoms with van der Waals surface area (Å²) in [6.45, 7) is 0. The van der Waals surface area contributed by atoms with Crippen LogP contribution in [0.15, 0.2) is 12.1 Å². The van der Waals surface area contributed by atoms with Crippen LogP contribution in [0.5, 0.6) is 5.75 Å². The normalized spacial score (nSPS) is 13.2. The summed E-state index contributed by atoms with van der Waals surface area (Å²) in [7, 11) is 0. The zero-order chi connectivity index (χ0) is 14.1. The molecule has 0 spiro atoms. The molecule has 100 valence electrons. The molecular formula is C9H5F5O4. The van der Waals surface area contributed by atoms with Crippen molar-refractivity contribution in [1.29, 1.82) is 0 Å². The number of hydrogen-bond donors (Lipinski definition) is 2. The Labute approximate surface area is 96.2 Å². The van der Waals surface area contributed by atoms with E-state index >= 15 is 0 Å². The number of carboxylic acids is 1. The lowest BCUT2D eigenvalue weighted by atomic mass is 10.1. The summed E-state index contributed by atoms with van der Waals surface area (Å²) in [5.41, 5.74) is -1.17. The van der Waals surface area contributed by atoms with Gasteiger partial charge >= 0.3 is 12.3 Å². The maximum atomic E-state index is 13.4. The Bertz CT molecular complexity index is 471. The second-order valence-corrected chi connectivity index (χ2v) is 3.10. The van der Waals surface area contributed by atoms with E-state index in [1.165, 1.54) is 0 Å². The Kier molecular flexibility index (Phi) is 3.75. The SMILES string of the molecule is O=C(O)C(O)c1cc(F)cc(OC(F)(F)F)c1F. The van der Waals surface area contributed by atoms with Gasteiger partial charge in [0.1, 0.15) is 5.82 Å². The number of rotatable bonds is 3. The lowest BCUT2D eigenvalue weighted by Crippen LogP contribution is -2.20. The fourth-order valence-corrected chi connectivity index (χ4v) is 1.12. The van der Waals surface area contributed by atoms with E-state index in [1.54, 1.807) is 0 Å². The maximum Gasteiger partial charge on any atom is 0.573 e. The van der Waals surface area contributed by atoms with Crippen molar-refractivity contribution in [2.45, 2.75) is 12.5 Å². The van der Waals surface area contributed by atoms with Crippen molar-refractivity contribution in [3.05, 3.63) is 29.3 Å². The quantitative estimate of drug-likeness (QED) is 0.826. The van der Waals surface area contributed by atoms with E-state index in [4.69, 9.17) is 10.2 Å². The van der Waals surface area contributed by atoms with Crippen molar-refractivity contribution in [1.82, 2.24) is 0 Å². The Balaban J connectivity index is 3.26. The summed E-state index contributed by atoms with van der Waals surface area (Å²) >= 11 is 0. The van der Waals surface area contributed by atoms with Gasteiger partial charge in [0.15, 0.2) is 17.7 Å². The summed E-state index contributed by atoms with van der Waals surface area (Å²) < 4.78 is 65.0. The van der Waals surface area contributed by atoms with Crippen molar-refractivity contribution >= 4 is 5.97 Å². The molecule has 18 heavy (non-hydrogen) atoms. The molecule has 0 bridgehead atoms. The average molecular weight is 272 g/mol. The van der Waals surface area contributed by atoms with Crippen LogP contribution >= 0.6 is 0 Å². The highest BCUT2D eigenvalue weighted by Gasteiger charge is 2.34. The van der Waals surface area contributed by atoms with Gasteiger partial charge in [-0.1, -0.05) is 0 Å². The Morgan fingerprint density at radius 2 is 1.83 bits per heavy atom. The fraction of sp³-hybridized carbons (Fsp3) is 0.222. The molecule has 0 fully saturated rings. The van der Waals surface area contributed by atoms with Gasteiger partial charge in [-0.2, -0.15) is 0 Å². The minimum Gasteiger partial charge on any atom is -0.479 e. The predicted octanol–water partition coefficient (Wildman–Crippen LogP) is 1.98. The first-order valence-electron chi connectivity index (χ1n) is 4.27. The third-order valence-corrected chi connectivity index (χ3v) is 1.79. The molecule has 0 aromatic heterocycles. The zero-order valence-electron chi connectivity index (χ0n) is 8.33. The number of aliphatic hydroxyl groups is 1. The molecule has 1 rings (SSSR count). The molecule has 1 atom stereocenters. The molecule has 1 aromatic carbocycles. The van der Waals surface area contributed by atoms with Crippen LogP contribution < -0.4 is 4.74 Å². The second-order valence-electron chi connectivity index (χ2n) is 3.10. The van der Waals surface area contributed by atoms with E-state index in [0.717, 1.165) is 0 Å². The molecule has 0 aliphatic heterocycles. The van der Waals surface area contributed by atoms with Crippen LogP contribution in [0, 0.1) is 11.6 Å². The Morgan fingerprint density at radius 3 is 2.28 bits per heavy atom. The molecule has 0 saturated carbocycles. The zero-order valence-corrected chi connectivity index (χ0v) is 8.33. The smallest absolute Gasteiger partial charge is 0.479 e. The molecule has 0 amide bonds. The molecule has 4 nitrogen and oxygen atoms in total. The first-order valence-corrected chi connectivity index (χ1v) is 4.27. The first kappa shape index (κ1) is 14.2. The number of aliphatic carboxylic acids is 1. The number of halogens is 5. The molecule has 2 N–H and O–H groups in total.